The molecule has 8 nitrogen and oxygen atoms in total. The van der Waals surface area contributed by atoms with Gasteiger partial charge in [-0.3, -0.25) is 9.20 Å². The smallest absolute Gasteiger partial charge is 0.260 e. The summed E-state index contributed by atoms with van der Waals surface area (Å²) < 4.78 is 31.5. The fraction of sp³-hybridized carbons (Fsp3) is 0.321. The second kappa shape index (κ2) is 8.57. The standard InChI is InChI=1S/C28H27F2N5O3/c1-14-13-35-23(25(31)32-14)22(33-26(35)16-11-28(2,38)12-16)19-6-7-20-18(21(19)30)8-9-34(20)27(37)24(36)15-4-3-5-17(29)10-15/h3-7,10,13,16,24,36,38H,8-9,11-12H2,1-2H3,(H2,31,32)/t16?,24-,28?/m0/s1. The van der Waals surface area contributed by atoms with Gasteiger partial charge >= 0.3 is 0 Å². The number of aliphatic hydroxyl groups is 2. The number of anilines is 2. The highest BCUT2D eigenvalue weighted by atomic mass is 19.1. The Morgan fingerprint density at radius 3 is 2.68 bits per heavy atom. The zero-order valence-electron chi connectivity index (χ0n) is 20.9. The first-order valence-corrected chi connectivity index (χ1v) is 12.5. The molecule has 2 aliphatic rings. The number of fused-ring (bicyclic) bond motifs is 2. The second-order valence-corrected chi connectivity index (χ2v) is 10.5. The summed E-state index contributed by atoms with van der Waals surface area (Å²) in [6, 6.07) is 8.40. The summed E-state index contributed by atoms with van der Waals surface area (Å²) in [5, 5.41) is 20.9. The number of nitrogens with zero attached hydrogens (tertiary/aromatic N) is 4. The van der Waals surface area contributed by atoms with Gasteiger partial charge in [0.15, 0.2) is 6.10 Å². The maximum absolute atomic E-state index is 16.0. The van der Waals surface area contributed by atoms with Crippen molar-refractivity contribution in [3.05, 3.63) is 76.9 Å². The van der Waals surface area contributed by atoms with Crippen LogP contribution in [0.25, 0.3) is 16.8 Å². The maximum Gasteiger partial charge on any atom is 0.260 e. The van der Waals surface area contributed by atoms with E-state index in [0.29, 0.717) is 46.8 Å². The van der Waals surface area contributed by atoms with Crippen molar-refractivity contribution >= 4 is 22.9 Å². The molecule has 4 aromatic rings. The summed E-state index contributed by atoms with van der Waals surface area (Å²) in [4.78, 5) is 23.6. The Bertz CT molecular complexity index is 1610. The van der Waals surface area contributed by atoms with E-state index in [0.717, 1.165) is 6.07 Å². The van der Waals surface area contributed by atoms with Crippen LogP contribution in [0.1, 0.15) is 54.4 Å². The van der Waals surface area contributed by atoms with Gasteiger partial charge in [0.25, 0.3) is 5.91 Å². The summed E-state index contributed by atoms with van der Waals surface area (Å²) in [6.45, 7) is 3.77. The van der Waals surface area contributed by atoms with E-state index < -0.39 is 29.2 Å². The summed E-state index contributed by atoms with van der Waals surface area (Å²) >= 11 is 0. The van der Waals surface area contributed by atoms with Crippen molar-refractivity contribution in [2.45, 2.75) is 50.7 Å². The van der Waals surface area contributed by atoms with Crippen LogP contribution in [0, 0.1) is 18.6 Å². The van der Waals surface area contributed by atoms with Gasteiger partial charge in [0.1, 0.15) is 34.5 Å². The van der Waals surface area contributed by atoms with Crippen molar-refractivity contribution in [2.24, 2.45) is 0 Å². The molecule has 6 rings (SSSR count). The predicted octanol–water partition coefficient (Wildman–Crippen LogP) is 3.82. The molecular weight excluding hydrogens is 492 g/mol. The molecule has 0 spiro atoms. The molecule has 2 aromatic carbocycles. The molecule has 10 heteroatoms. The molecule has 1 fully saturated rings. The Hall–Kier alpha value is -3.89. The highest BCUT2D eigenvalue weighted by Gasteiger charge is 2.42. The number of amides is 1. The van der Waals surface area contributed by atoms with E-state index >= 15 is 4.39 Å². The fourth-order valence-electron chi connectivity index (χ4n) is 5.77. The lowest BCUT2D eigenvalue weighted by Gasteiger charge is -2.40. The molecule has 38 heavy (non-hydrogen) atoms. The molecule has 0 saturated heterocycles. The largest absolute Gasteiger partial charge is 0.390 e. The van der Waals surface area contributed by atoms with E-state index in [-0.39, 0.29) is 35.8 Å². The van der Waals surface area contributed by atoms with Crippen molar-refractivity contribution in [3.63, 3.8) is 0 Å². The Labute approximate surface area is 217 Å². The molecule has 1 atom stereocenters. The number of benzene rings is 2. The van der Waals surface area contributed by atoms with E-state index in [9.17, 15) is 19.4 Å². The number of carbonyl (C=O) groups excluding carboxylic acids is 1. The average Bonchev–Trinajstić information content (AvgIpc) is 3.44. The lowest BCUT2D eigenvalue weighted by atomic mass is 9.72. The maximum atomic E-state index is 16.0. The predicted molar refractivity (Wildman–Crippen MR) is 138 cm³/mol. The van der Waals surface area contributed by atoms with E-state index in [4.69, 9.17) is 10.7 Å². The molecule has 2 aromatic heterocycles. The monoisotopic (exact) mass is 519 g/mol. The molecule has 0 radical (unpaired) electrons. The Kier molecular flexibility index (Phi) is 5.51. The third-order valence-corrected chi connectivity index (χ3v) is 7.55. The van der Waals surface area contributed by atoms with Crippen LogP contribution < -0.4 is 10.6 Å². The number of hydrogen-bond donors (Lipinski definition) is 3. The summed E-state index contributed by atoms with van der Waals surface area (Å²) in [6.07, 6.45) is 1.54. The number of aromatic nitrogens is 3. The van der Waals surface area contributed by atoms with E-state index in [1.54, 1.807) is 19.1 Å². The average molecular weight is 520 g/mol. The number of rotatable bonds is 4. The van der Waals surface area contributed by atoms with E-state index in [2.05, 4.69) is 4.98 Å². The number of aryl methyl sites for hydroxylation is 1. The Morgan fingerprint density at radius 1 is 1.21 bits per heavy atom. The molecule has 1 saturated carbocycles. The van der Waals surface area contributed by atoms with Crippen LogP contribution in [0.4, 0.5) is 20.3 Å². The van der Waals surface area contributed by atoms with Gasteiger partial charge in [-0.2, -0.15) is 0 Å². The quantitative estimate of drug-likeness (QED) is 0.378. The molecule has 1 aliphatic heterocycles. The fourth-order valence-corrected chi connectivity index (χ4v) is 5.77. The SMILES string of the molecule is Cc1cn2c(C3CC(C)(O)C3)nc(-c3ccc4c(c3F)CCN4C(=O)[C@@H](O)c3cccc(F)c3)c2c(N)n1. The number of nitrogen functional groups attached to an aromatic ring is 1. The molecule has 0 bridgehead atoms. The number of imidazole rings is 1. The van der Waals surface area contributed by atoms with Crippen molar-refractivity contribution in [3.8, 4) is 11.3 Å². The van der Waals surface area contributed by atoms with Crippen LogP contribution in [-0.2, 0) is 11.2 Å². The minimum Gasteiger partial charge on any atom is -0.390 e. The summed E-state index contributed by atoms with van der Waals surface area (Å²) in [5.41, 5.74) is 8.10. The summed E-state index contributed by atoms with van der Waals surface area (Å²) in [5.74, 6) is -0.842. The topological polar surface area (TPSA) is 117 Å². The number of hydrogen-bond acceptors (Lipinski definition) is 6. The molecular formula is C28H27F2N5O3. The van der Waals surface area contributed by atoms with Crippen molar-refractivity contribution in [1.29, 1.82) is 0 Å². The van der Waals surface area contributed by atoms with Gasteiger partial charge in [-0.1, -0.05) is 12.1 Å². The zero-order valence-corrected chi connectivity index (χ0v) is 20.9. The zero-order chi connectivity index (χ0) is 26.9. The lowest BCUT2D eigenvalue weighted by molar-refractivity contribution is -0.126. The molecule has 0 unspecified atom stereocenters. The number of carbonyl (C=O) groups is 1. The van der Waals surface area contributed by atoms with Gasteiger partial charge in [0.05, 0.1) is 11.3 Å². The molecule has 1 amide bonds. The van der Waals surface area contributed by atoms with E-state index in [1.807, 2.05) is 17.5 Å². The molecule has 1 aliphatic carbocycles. The minimum atomic E-state index is -1.58. The van der Waals surface area contributed by atoms with Crippen molar-refractivity contribution in [1.82, 2.24) is 14.4 Å². The number of nitrogens with two attached hydrogens (primary N) is 1. The van der Waals surface area contributed by atoms with Gasteiger partial charge in [-0.15, -0.1) is 0 Å². The third kappa shape index (κ3) is 3.83. The van der Waals surface area contributed by atoms with Gasteiger partial charge in [-0.05, 0) is 62.9 Å². The highest BCUT2D eigenvalue weighted by Crippen LogP contribution is 2.46. The normalized spacial score (nSPS) is 21.4. The third-order valence-electron chi connectivity index (χ3n) is 7.55. The van der Waals surface area contributed by atoms with Gasteiger partial charge < -0.3 is 20.8 Å². The van der Waals surface area contributed by atoms with Crippen LogP contribution in [-0.4, -0.2) is 42.6 Å². The first-order chi connectivity index (χ1) is 18.0. The minimum absolute atomic E-state index is 0.0117. The van der Waals surface area contributed by atoms with Crippen LogP contribution in [0.2, 0.25) is 0 Å². The number of halogens is 2. The number of aliphatic hydroxyl groups excluding tert-OH is 1. The van der Waals surface area contributed by atoms with Crippen molar-refractivity contribution in [2.75, 3.05) is 17.2 Å². The van der Waals surface area contributed by atoms with Gasteiger partial charge in [0.2, 0.25) is 0 Å². The van der Waals surface area contributed by atoms with Crippen LogP contribution in [0.3, 0.4) is 0 Å². The molecule has 3 heterocycles. The Balaban J connectivity index is 1.40. The summed E-state index contributed by atoms with van der Waals surface area (Å²) in [7, 11) is 0. The lowest BCUT2D eigenvalue weighted by Crippen LogP contribution is -2.40. The van der Waals surface area contributed by atoms with Gasteiger partial charge in [0, 0.05) is 35.5 Å². The van der Waals surface area contributed by atoms with Gasteiger partial charge in [-0.25, -0.2) is 18.7 Å². The van der Waals surface area contributed by atoms with E-state index in [1.165, 1.54) is 23.1 Å². The second-order valence-electron chi connectivity index (χ2n) is 10.5. The van der Waals surface area contributed by atoms with Crippen LogP contribution in [0.15, 0.2) is 42.6 Å². The highest BCUT2D eigenvalue weighted by molar-refractivity contribution is 5.99. The Morgan fingerprint density at radius 2 is 1.97 bits per heavy atom. The first kappa shape index (κ1) is 24.4. The van der Waals surface area contributed by atoms with Crippen LogP contribution in [0.5, 0.6) is 0 Å². The molecule has 4 N–H and O–H groups in total. The van der Waals surface area contributed by atoms with Crippen LogP contribution >= 0.6 is 0 Å². The van der Waals surface area contributed by atoms with Crippen molar-refractivity contribution < 1.29 is 23.8 Å². The molecule has 196 valence electrons. The first-order valence-electron chi connectivity index (χ1n) is 12.5.